The Hall–Kier alpha value is -0.410. The quantitative estimate of drug-likeness (QED) is 0.305. The number of aryl methyl sites for hydroxylation is 2. The highest BCUT2D eigenvalue weighted by atomic mass is 127. The minimum absolute atomic E-state index is 0. The Labute approximate surface area is 161 Å². The van der Waals surface area contributed by atoms with Gasteiger partial charge in [-0.15, -0.1) is 35.3 Å². The van der Waals surface area contributed by atoms with Gasteiger partial charge < -0.3 is 15.7 Å². The molecule has 1 atom stereocenters. The molecule has 7 heteroatoms. The van der Waals surface area contributed by atoms with Gasteiger partial charge in [0.15, 0.2) is 5.96 Å². The molecule has 0 bridgehead atoms. The van der Waals surface area contributed by atoms with Crippen LogP contribution in [-0.2, 0) is 6.54 Å². The van der Waals surface area contributed by atoms with Crippen LogP contribution in [0.4, 0.5) is 0 Å². The Kier molecular flexibility index (Phi) is 12.7. The van der Waals surface area contributed by atoms with Crippen LogP contribution in [0.15, 0.2) is 4.99 Å². The van der Waals surface area contributed by atoms with E-state index in [4.69, 9.17) is 5.11 Å². The maximum Gasteiger partial charge on any atom is 0.191 e. The first-order valence-corrected chi connectivity index (χ1v) is 8.98. The molecule has 1 unspecified atom stereocenters. The predicted molar refractivity (Wildman–Crippen MR) is 110 cm³/mol. The van der Waals surface area contributed by atoms with E-state index in [0.29, 0.717) is 12.5 Å². The van der Waals surface area contributed by atoms with E-state index in [2.05, 4.69) is 34.5 Å². The van der Waals surface area contributed by atoms with Crippen LogP contribution in [0.25, 0.3) is 0 Å². The van der Waals surface area contributed by atoms with E-state index in [0.717, 1.165) is 49.0 Å². The van der Waals surface area contributed by atoms with Crippen molar-refractivity contribution in [2.45, 2.75) is 53.5 Å². The van der Waals surface area contributed by atoms with Crippen LogP contribution >= 0.6 is 35.3 Å². The summed E-state index contributed by atoms with van der Waals surface area (Å²) in [6, 6.07) is 0. The van der Waals surface area contributed by atoms with Crippen molar-refractivity contribution in [1.29, 1.82) is 0 Å². The summed E-state index contributed by atoms with van der Waals surface area (Å²) < 4.78 is 0. The number of rotatable bonds is 9. The fourth-order valence-electron chi connectivity index (χ4n) is 2.39. The van der Waals surface area contributed by atoms with Crippen molar-refractivity contribution in [3.05, 3.63) is 15.6 Å². The van der Waals surface area contributed by atoms with Gasteiger partial charge in [-0.1, -0.05) is 13.3 Å². The summed E-state index contributed by atoms with van der Waals surface area (Å²) in [7, 11) is 0. The standard InChI is InChI=1S/C16H30N4OS.HI/c1-5-7-14(8-9-21)10-18-16(17-6-2)19-11-15-12(3)20-13(4)22-15;/h14,21H,5-11H2,1-4H3,(H2,17,18,19);1H. The number of aliphatic imine (C=N–C) groups is 1. The number of nitrogens with zero attached hydrogens (tertiary/aromatic N) is 2. The van der Waals surface area contributed by atoms with Gasteiger partial charge in [0.25, 0.3) is 0 Å². The molecule has 0 aliphatic rings. The Balaban J connectivity index is 0.00000484. The van der Waals surface area contributed by atoms with E-state index in [1.807, 2.05) is 13.8 Å². The van der Waals surface area contributed by atoms with Crippen molar-refractivity contribution in [2.75, 3.05) is 19.7 Å². The Bertz CT molecular complexity index is 459. The van der Waals surface area contributed by atoms with Gasteiger partial charge in [0.05, 0.1) is 17.2 Å². The molecule has 1 heterocycles. The largest absolute Gasteiger partial charge is 0.396 e. The van der Waals surface area contributed by atoms with Gasteiger partial charge in [-0.3, -0.25) is 0 Å². The fraction of sp³-hybridized carbons (Fsp3) is 0.750. The minimum atomic E-state index is 0. The minimum Gasteiger partial charge on any atom is -0.396 e. The molecule has 0 saturated heterocycles. The van der Waals surface area contributed by atoms with Crippen molar-refractivity contribution in [2.24, 2.45) is 10.9 Å². The van der Waals surface area contributed by atoms with Gasteiger partial charge in [-0.2, -0.15) is 0 Å². The second-order valence-electron chi connectivity index (χ2n) is 5.48. The molecule has 5 nitrogen and oxygen atoms in total. The van der Waals surface area contributed by atoms with E-state index in [1.54, 1.807) is 11.3 Å². The molecule has 0 aliphatic carbocycles. The molecule has 0 amide bonds. The fourth-order valence-corrected chi connectivity index (χ4v) is 3.25. The Morgan fingerprint density at radius 2 is 2.00 bits per heavy atom. The number of halogens is 1. The molecule has 0 aliphatic heterocycles. The number of nitrogens with one attached hydrogen (secondary N) is 2. The van der Waals surface area contributed by atoms with Gasteiger partial charge in [0, 0.05) is 24.6 Å². The lowest BCUT2D eigenvalue weighted by Crippen LogP contribution is -2.40. The Morgan fingerprint density at radius 3 is 2.52 bits per heavy atom. The zero-order valence-corrected chi connectivity index (χ0v) is 17.8. The molecule has 1 aromatic heterocycles. The third-order valence-corrected chi connectivity index (χ3v) is 4.57. The average Bonchev–Trinajstić information content (AvgIpc) is 2.80. The van der Waals surface area contributed by atoms with Crippen molar-refractivity contribution in [1.82, 2.24) is 15.6 Å². The monoisotopic (exact) mass is 454 g/mol. The number of aliphatic hydroxyl groups excluding tert-OH is 1. The molecule has 0 saturated carbocycles. The maximum atomic E-state index is 9.14. The molecule has 1 aromatic rings. The van der Waals surface area contributed by atoms with Gasteiger partial charge in [-0.05, 0) is 39.5 Å². The first kappa shape index (κ1) is 22.6. The lowest BCUT2D eigenvalue weighted by Gasteiger charge is -2.18. The SMILES string of the molecule is CCCC(CCO)CNC(=NCc1sc(C)nc1C)NCC.I. The lowest BCUT2D eigenvalue weighted by molar-refractivity contribution is 0.251. The molecule has 3 N–H and O–H groups in total. The molecule has 0 radical (unpaired) electrons. The number of hydrogen-bond acceptors (Lipinski definition) is 4. The summed E-state index contributed by atoms with van der Waals surface area (Å²) in [5, 5.41) is 16.9. The number of guanidine groups is 1. The highest BCUT2D eigenvalue weighted by Crippen LogP contribution is 2.17. The van der Waals surface area contributed by atoms with E-state index in [-0.39, 0.29) is 30.6 Å². The third-order valence-electron chi connectivity index (χ3n) is 3.52. The van der Waals surface area contributed by atoms with Crippen molar-refractivity contribution in [3.63, 3.8) is 0 Å². The summed E-state index contributed by atoms with van der Waals surface area (Å²) >= 11 is 1.71. The summed E-state index contributed by atoms with van der Waals surface area (Å²) in [4.78, 5) is 10.3. The van der Waals surface area contributed by atoms with Gasteiger partial charge in [-0.25, -0.2) is 9.98 Å². The van der Waals surface area contributed by atoms with Crippen molar-refractivity contribution < 1.29 is 5.11 Å². The average molecular weight is 454 g/mol. The smallest absolute Gasteiger partial charge is 0.191 e. The zero-order chi connectivity index (χ0) is 16.4. The molecule has 134 valence electrons. The van der Waals surface area contributed by atoms with E-state index >= 15 is 0 Å². The highest BCUT2D eigenvalue weighted by molar-refractivity contribution is 14.0. The lowest BCUT2D eigenvalue weighted by atomic mass is 10.0. The first-order valence-electron chi connectivity index (χ1n) is 8.16. The maximum absolute atomic E-state index is 9.14. The number of aliphatic hydroxyl groups is 1. The molecule has 1 rings (SSSR count). The summed E-state index contributed by atoms with van der Waals surface area (Å²) in [6.07, 6.45) is 3.10. The molecule has 23 heavy (non-hydrogen) atoms. The molecular formula is C16H31IN4OS. The van der Waals surface area contributed by atoms with Gasteiger partial charge >= 0.3 is 0 Å². The zero-order valence-electron chi connectivity index (χ0n) is 14.7. The highest BCUT2D eigenvalue weighted by Gasteiger charge is 2.09. The van der Waals surface area contributed by atoms with Crippen molar-refractivity contribution >= 4 is 41.3 Å². The number of hydrogen-bond donors (Lipinski definition) is 3. The van der Waals surface area contributed by atoms with E-state index < -0.39 is 0 Å². The summed E-state index contributed by atoms with van der Waals surface area (Å²) in [5.41, 5.74) is 1.08. The first-order chi connectivity index (χ1) is 10.6. The Morgan fingerprint density at radius 1 is 1.26 bits per heavy atom. The topological polar surface area (TPSA) is 69.5 Å². The van der Waals surface area contributed by atoms with Crippen LogP contribution in [0.5, 0.6) is 0 Å². The van der Waals surface area contributed by atoms with Crippen LogP contribution in [0, 0.1) is 19.8 Å². The van der Waals surface area contributed by atoms with Crippen LogP contribution in [0.3, 0.4) is 0 Å². The third kappa shape index (κ3) is 8.85. The van der Waals surface area contributed by atoms with Crippen LogP contribution in [0.2, 0.25) is 0 Å². The molecule has 0 fully saturated rings. The predicted octanol–water partition coefficient (Wildman–Crippen LogP) is 3.23. The normalized spacial score (nSPS) is 12.7. The second kappa shape index (κ2) is 12.9. The number of aromatic nitrogens is 1. The van der Waals surface area contributed by atoms with Gasteiger partial charge in [0.2, 0.25) is 0 Å². The molecular weight excluding hydrogens is 423 g/mol. The van der Waals surface area contributed by atoms with Crippen LogP contribution < -0.4 is 10.6 Å². The van der Waals surface area contributed by atoms with E-state index in [1.165, 1.54) is 4.88 Å². The van der Waals surface area contributed by atoms with Crippen LogP contribution in [-0.4, -0.2) is 35.7 Å². The summed E-state index contributed by atoms with van der Waals surface area (Å²) in [6.45, 7) is 10.9. The summed E-state index contributed by atoms with van der Waals surface area (Å²) in [5.74, 6) is 1.33. The van der Waals surface area contributed by atoms with E-state index in [9.17, 15) is 0 Å². The second-order valence-corrected chi connectivity index (χ2v) is 6.77. The van der Waals surface area contributed by atoms with Crippen molar-refractivity contribution in [3.8, 4) is 0 Å². The van der Waals surface area contributed by atoms with Gasteiger partial charge in [0.1, 0.15) is 0 Å². The van der Waals surface area contributed by atoms with Crippen LogP contribution in [0.1, 0.15) is 48.7 Å². The molecule has 0 aromatic carbocycles. The molecule has 0 spiro atoms. The number of thiazole rings is 1.